The molecule has 5 nitrogen and oxygen atoms in total. The Labute approximate surface area is 116 Å². The molecule has 0 bridgehead atoms. The number of benzene rings is 2. The molecule has 0 saturated heterocycles. The molecule has 1 heterocycles. The van der Waals surface area contributed by atoms with Crippen LogP contribution in [0.1, 0.15) is 5.56 Å². The molecule has 0 aromatic heterocycles. The van der Waals surface area contributed by atoms with Crippen molar-refractivity contribution in [1.82, 2.24) is 5.43 Å². The molecule has 20 heavy (non-hydrogen) atoms. The SMILES string of the molecule is O=[N+]([O-])c1ccc(C2=CCN(c3ccccc3)N2)cc1. The Morgan fingerprint density at radius 1 is 1.05 bits per heavy atom. The summed E-state index contributed by atoms with van der Waals surface area (Å²) in [7, 11) is 0. The van der Waals surface area contributed by atoms with Crippen molar-refractivity contribution >= 4 is 17.1 Å². The van der Waals surface area contributed by atoms with E-state index in [1.807, 2.05) is 35.3 Å². The smallest absolute Gasteiger partial charge is 0.269 e. The van der Waals surface area contributed by atoms with Crippen molar-refractivity contribution in [3.63, 3.8) is 0 Å². The van der Waals surface area contributed by atoms with Gasteiger partial charge in [0.25, 0.3) is 5.69 Å². The first-order valence-electron chi connectivity index (χ1n) is 6.28. The van der Waals surface area contributed by atoms with Gasteiger partial charge in [-0.25, -0.2) is 0 Å². The first-order chi connectivity index (χ1) is 9.74. The fourth-order valence-corrected chi connectivity index (χ4v) is 2.14. The first kappa shape index (κ1) is 12.2. The molecule has 5 heteroatoms. The van der Waals surface area contributed by atoms with Crippen molar-refractivity contribution in [2.24, 2.45) is 0 Å². The fraction of sp³-hybridized carbons (Fsp3) is 0.0667. The molecule has 0 saturated carbocycles. The van der Waals surface area contributed by atoms with Crippen LogP contribution in [0.2, 0.25) is 0 Å². The van der Waals surface area contributed by atoms with Crippen LogP contribution >= 0.6 is 0 Å². The lowest BCUT2D eigenvalue weighted by Crippen LogP contribution is -2.31. The zero-order valence-electron chi connectivity index (χ0n) is 10.7. The number of hydrogen-bond acceptors (Lipinski definition) is 4. The summed E-state index contributed by atoms with van der Waals surface area (Å²) < 4.78 is 0. The quantitative estimate of drug-likeness (QED) is 0.686. The third-order valence-corrected chi connectivity index (χ3v) is 3.19. The Morgan fingerprint density at radius 2 is 1.75 bits per heavy atom. The number of nitro groups is 1. The number of hydrogen-bond donors (Lipinski definition) is 1. The summed E-state index contributed by atoms with van der Waals surface area (Å²) in [6, 6.07) is 16.5. The van der Waals surface area contributed by atoms with Crippen molar-refractivity contribution in [2.75, 3.05) is 11.6 Å². The van der Waals surface area contributed by atoms with E-state index in [-0.39, 0.29) is 5.69 Å². The maximum Gasteiger partial charge on any atom is 0.269 e. The van der Waals surface area contributed by atoms with Crippen LogP contribution in [0.4, 0.5) is 11.4 Å². The second kappa shape index (κ2) is 5.05. The summed E-state index contributed by atoms with van der Waals surface area (Å²) in [5, 5.41) is 12.7. The third kappa shape index (κ3) is 2.33. The number of nitrogens with one attached hydrogen (secondary N) is 1. The van der Waals surface area contributed by atoms with E-state index in [1.54, 1.807) is 12.1 Å². The van der Waals surface area contributed by atoms with E-state index in [0.717, 1.165) is 23.5 Å². The molecule has 2 aromatic rings. The predicted octanol–water partition coefficient (Wildman–Crippen LogP) is 2.96. The van der Waals surface area contributed by atoms with Gasteiger partial charge in [0.1, 0.15) is 0 Å². The van der Waals surface area contributed by atoms with Gasteiger partial charge < -0.3 is 0 Å². The summed E-state index contributed by atoms with van der Waals surface area (Å²) in [6.07, 6.45) is 2.06. The monoisotopic (exact) mass is 267 g/mol. The van der Waals surface area contributed by atoms with Crippen molar-refractivity contribution in [1.29, 1.82) is 0 Å². The van der Waals surface area contributed by atoms with Crippen molar-refractivity contribution < 1.29 is 4.92 Å². The summed E-state index contributed by atoms with van der Waals surface area (Å²) in [5.41, 5.74) is 6.39. The molecular weight excluding hydrogens is 254 g/mol. The second-order valence-electron chi connectivity index (χ2n) is 4.48. The Hall–Kier alpha value is -2.82. The average Bonchev–Trinajstić information content (AvgIpc) is 2.98. The maximum atomic E-state index is 10.6. The zero-order valence-corrected chi connectivity index (χ0v) is 10.7. The normalized spacial score (nSPS) is 13.8. The minimum Gasteiger partial charge on any atom is -0.298 e. The number of hydrazine groups is 1. The Balaban J connectivity index is 1.75. The molecule has 0 radical (unpaired) electrons. The van der Waals surface area contributed by atoms with Gasteiger partial charge in [-0.1, -0.05) is 18.2 Å². The van der Waals surface area contributed by atoms with Gasteiger partial charge in [0.15, 0.2) is 0 Å². The van der Waals surface area contributed by atoms with E-state index in [4.69, 9.17) is 0 Å². The molecule has 100 valence electrons. The zero-order chi connectivity index (χ0) is 13.9. The Kier molecular flexibility index (Phi) is 3.09. The number of non-ortho nitro benzene ring substituents is 1. The summed E-state index contributed by atoms with van der Waals surface area (Å²) in [5.74, 6) is 0. The number of para-hydroxylation sites is 1. The van der Waals surface area contributed by atoms with Crippen LogP contribution in [0.25, 0.3) is 5.70 Å². The fourth-order valence-electron chi connectivity index (χ4n) is 2.14. The van der Waals surface area contributed by atoms with Gasteiger partial charge in [-0.2, -0.15) is 0 Å². The lowest BCUT2D eigenvalue weighted by molar-refractivity contribution is -0.384. The highest BCUT2D eigenvalue weighted by Crippen LogP contribution is 2.23. The topological polar surface area (TPSA) is 58.4 Å². The van der Waals surface area contributed by atoms with Gasteiger partial charge in [0.2, 0.25) is 0 Å². The molecule has 1 aliphatic heterocycles. The molecule has 0 aliphatic carbocycles. The maximum absolute atomic E-state index is 10.6. The summed E-state index contributed by atoms with van der Waals surface area (Å²) >= 11 is 0. The number of anilines is 1. The highest BCUT2D eigenvalue weighted by Gasteiger charge is 2.15. The van der Waals surface area contributed by atoms with Crippen LogP contribution in [0, 0.1) is 10.1 Å². The Bertz CT molecular complexity index is 651. The van der Waals surface area contributed by atoms with Crippen LogP contribution < -0.4 is 10.4 Å². The molecule has 3 rings (SSSR count). The van der Waals surface area contributed by atoms with Gasteiger partial charge >= 0.3 is 0 Å². The van der Waals surface area contributed by atoms with Gasteiger partial charge in [0.05, 0.1) is 22.9 Å². The Morgan fingerprint density at radius 3 is 2.40 bits per heavy atom. The van der Waals surface area contributed by atoms with Gasteiger partial charge in [-0.05, 0) is 35.9 Å². The summed E-state index contributed by atoms with van der Waals surface area (Å²) in [4.78, 5) is 10.2. The van der Waals surface area contributed by atoms with E-state index in [1.165, 1.54) is 12.1 Å². The molecular formula is C15H13N3O2. The first-order valence-corrected chi connectivity index (χ1v) is 6.28. The lowest BCUT2D eigenvalue weighted by atomic mass is 10.1. The van der Waals surface area contributed by atoms with E-state index in [9.17, 15) is 10.1 Å². The predicted molar refractivity (Wildman–Crippen MR) is 78.0 cm³/mol. The van der Waals surface area contributed by atoms with E-state index < -0.39 is 4.92 Å². The van der Waals surface area contributed by atoms with Gasteiger partial charge in [0, 0.05) is 12.1 Å². The van der Waals surface area contributed by atoms with Crippen LogP contribution in [-0.4, -0.2) is 11.5 Å². The van der Waals surface area contributed by atoms with Crippen LogP contribution in [-0.2, 0) is 0 Å². The number of rotatable bonds is 3. The van der Waals surface area contributed by atoms with Crippen molar-refractivity contribution in [2.45, 2.75) is 0 Å². The minimum atomic E-state index is -0.392. The van der Waals surface area contributed by atoms with Crippen LogP contribution in [0.15, 0.2) is 60.7 Å². The number of nitrogens with zero attached hydrogens (tertiary/aromatic N) is 2. The lowest BCUT2D eigenvalue weighted by Gasteiger charge is -2.20. The molecule has 0 fully saturated rings. The molecule has 0 atom stereocenters. The number of nitro benzene ring substituents is 1. The minimum absolute atomic E-state index is 0.104. The third-order valence-electron chi connectivity index (χ3n) is 3.19. The van der Waals surface area contributed by atoms with E-state index in [0.29, 0.717) is 0 Å². The standard InChI is InChI=1S/C15H13N3O2/c19-18(20)14-8-6-12(7-9-14)15-10-11-17(16-15)13-4-2-1-3-5-13/h1-10,16H,11H2. The van der Waals surface area contributed by atoms with Crippen molar-refractivity contribution in [3.8, 4) is 0 Å². The summed E-state index contributed by atoms with van der Waals surface area (Å²) in [6.45, 7) is 0.760. The van der Waals surface area contributed by atoms with Crippen molar-refractivity contribution in [3.05, 3.63) is 76.4 Å². The van der Waals surface area contributed by atoms with Crippen LogP contribution in [0.3, 0.4) is 0 Å². The molecule has 0 unspecified atom stereocenters. The molecule has 0 amide bonds. The highest BCUT2D eigenvalue weighted by atomic mass is 16.6. The van der Waals surface area contributed by atoms with Gasteiger partial charge in [-0.3, -0.25) is 20.5 Å². The molecule has 2 aromatic carbocycles. The van der Waals surface area contributed by atoms with E-state index in [2.05, 4.69) is 11.5 Å². The van der Waals surface area contributed by atoms with Crippen LogP contribution in [0.5, 0.6) is 0 Å². The van der Waals surface area contributed by atoms with E-state index >= 15 is 0 Å². The highest BCUT2D eigenvalue weighted by molar-refractivity contribution is 5.70. The molecule has 1 N–H and O–H groups in total. The average molecular weight is 267 g/mol. The molecule has 1 aliphatic rings. The van der Waals surface area contributed by atoms with Gasteiger partial charge in [-0.15, -0.1) is 0 Å². The molecule has 0 spiro atoms. The second-order valence-corrected chi connectivity index (χ2v) is 4.48. The largest absolute Gasteiger partial charge is 0.298 e.